The molecule has 0 saturated carbocycles. The summed E-state index contributed by atoms with van der Waals surface area (Å²) in [5.41, 5.74) is 1.78. The highest BCUT2D eigenvalue weighted by Gasteiger charge is 2.41. The van der Waals surface area contributed by atoms with Gasteiger partial charge in [0, 0.05) is 15.6 Å². The fourth-order valence-corrected chi connectivity index (χ4v) is 3.26. The summed E-state index contributed by atoms with van der Waals surface area (Å²) in [4.78, 5) is 11.7. The van der Waals surface area contributed by atoms with Crippen LogP contribution in [0.3, 0.4) is 0 Å². The number of carbonyl (C=O) groups is 1. The molecule has 0 amide bonds. The lowest BCUT2D eigenvalue weighted by atomic mass is 9.82. The number of benzene rings is 1. The van der Waals surface area contributed by atoms with Gasteiger partial charge in [0.1, 0.15) is 0 Å². The number of cyclic esters (lactones) is 1. The molecule has 1 atom stereocenters. The van der Waals surface area contributed by atoms with Gasteiger partial charge >= 0.3 is 5.97 Å². The maximum atomic E-state index is 11.7. The quantitative estimate of drug-likeness (QED) is 0.538. The van der Waals surface area contributed by atoms with Gasteiger partial charge in [-0.1, -0.05) is 51.6 Å². The van der Waals surface area contributed by atoms with Gasteiger partial charge in [0.15, 0.2) is 5.60 Å². The van der Waals surface area contributed by atoms with Crippen LogP contribution in [0.1, 0.15) is 51.2 Å². The van der Waals surface area contributed by atoms with Crippen LogP contribution in [0, 0.1) is 0 Å². The molecule has 0 spiro atoms. The third-order valence-electron chi connectivity index (χ3n) is 3.85. The Bertz CT molecular complexity index is 525. The van der Waals surface area contributed by atoms with Crippen LogP contribution < -0.4 is 0 Å². The van der Waals surface area contributed by atoms with Crippen LogP contribution in [0.5, 0.6) is 0 Å². The van der Waals surface area contributed by atoms with E-state index in [1.165, 1.54) is 5.56 Å². The van der Waals surface area contributed by atoms with Crippen molar-refractivity contribution in [3.05, 3.63) is 45.6 Å². The van der Waals surface area contributed by atoms with Gasteiger partial charge < -0.3 is 4.74 Å². The smallest absolute Gasteiger partial charge is 0.307 e. The van der Waals surface area contributed by atoms with Crippen molar-refractivity contribution in [1.29, 1.82) is 0 Å². The lowest BCUT2D eigenvalue weighted by molar-refractivity contribution is -0.162. The first-order valence-electron chi connectivity index (χ1n) is 6.93. The molecule has 20 heavy (non-hydrogen) atoms. The van der Waals surface area contributed by atoms with E-state index >= 15 is 0 Å². The molecule has 1 heterocycles. The Morgan fingerprint density at radius 3 is 2.35 bits per heavy atom. The van der Waals surface area contributed by atoms with Crippen molar-refractivity contribution in [2.24, 2.45) is 0 Å². The zero-order chi connectivity index (χ0) is 15.0. The molecule has 1 aromatic rings. The summed E-state index contributed by atoms with van der Waals surface area (Å²) in [5, 5.41) is 0. The highest BCUT2D eigenvalue weighted by Crippen LogP contribution is 2.44. The van der Waals surface area contributed by atoms with Crippen LogP contribution in [0.4, 0.5) is 0 Å². The van der Waals surface area contributed by atoms with Gasteiger partial charge in [0.25, 0.3) is 0 Å². The molecule has 0 aromatic heterocycles. The number of esters is 1. The molecular formula is C17H21IO2. The number of rotatable bonds is 2. The summed E-state index contributed by atoms with van der Waals surface area (Å²) >= 11 is 2.18. The molecule has 2 nitrogen and oxygen atoms in total. The number of halogens is 1. The van der Waals surface area contributed by atoms with Crippen LogP contribution in [-0.4, -0.2) is 5.97 Å². The van der Waals surface area contributed by atoms with Crippen LogP contribution >= 0.6 is 22.6 Å². The van der Waals surface area contributed by atoms with Crippen molar-refractivity contribution in [2.45, 2.75) is 51.0 Å². The minimum atomic E-state index is -0.647. The van der Waals surface area contributed by atoms with E-state index in [1.807, 2.05) is 0 Å². The molecule has 3 heteroatoms. The summed E-state index contributed by atoms with van der Waals surface area (Å²) < 4.78 is 6.57. The highest BCUT2D eigenvalue weighted by molar-refractivity contribution is 14.1. The zero-order valence-electron chi connectivity index (χ0n) is 12.3. The van der Waals surface area contributed by atoms with Gasteiger partial charge in [-0.15, -0.1) is 0 Å². The second-order valence-corrected chi connectivity index (χ2v) is 7.69. The molecule has 1 aliphatic rings. The second-order valence-electron chi connectivity index (χ2n) is 6.39. The van der Waals surface area contributed by atoms with Crippen molar-refractivity contribution in [2.75, 3.05) is 0 Å². The first kappa shape index (κ1) is 15.5. The molecule has 1 aromatic carbocycles. The first-order valence-corrected chi connectivity index (χ1v) is 8.01. The van der Waals surface area contributed by atoms with E-state index in [9.17, 15) is 4.79 Å². The molecule has 0 radical (unpaired) electrons. The largest absolute Gasteiger partial charge is 0.449 e. The predicted molar refractivity (Wildman–Crippen MR) is 89.9 cm³/mol. The van der Waals surface area contributed by atoms with E-state index in [0.717, 1.165) is 22.0 Å². The lowest BCUT2D eigenvalue weighted by Gasteiger charge is -2.37. The summed E-state index contributed by atoms with van der Waals surface area (Å²) in [7, 11) is 0. The molecular weight excluding hydrogens is 363 g/mol. The third kappa shape index (κ3) is 2.92. The molecule has 0 bridgehead atoms. The van der Waals surface area contributed by atoms with Crippen molar-refractivity contribution < 1.29 is 9.53 Å². The monoisotopic (exact) mass is 384 g/mol. The Labute approximate surface area is 134 Å². The van der Waals surface area contributed by atoms with E-state index in [4.69, 9.17) is 4.74 Å². The Hall–Kier alpha value is -0.840. The standard InChI is InChI=1S/C17H21IO2/c1-12(18)17(11-5-6-15(19)20-17)14-9-7-13(8-10-14)16(2,3)4/h7-10H,1,5-6,11H2,2-4H3. The molecule has 1 aliphatic heterocycles. The molecule has 1 saturated heterocycles. The first-order chi connectivity index (χ1) is 9.25. The number of ether oxygens (including phenoxy) is 1. The normalized spacial score (nSPS) is 23.3. The highest BCUT2D eigenvalue weighted by atomic mass is 127. The van der Waals surface area contributed by atoms with Gasteiger partial charge in [-0.05, 0) is 46.4 Å². The van der Waals surface area contributed by atoms with Crippen LogP contribution in [0.15, 0.2) is 34.4 Å². The topological polar surface area (TPSA) is 26.3 Å². The fraction of sp³-hybridized carbons (Fsp3) is 0.471. The van der Waals surface area contributed by atoms with E-state index < -0.39 is 5.60 Å². The van der Waals surface area contributed by atoms with Crippen LogP contribution in [0.2, 0.25) is 0 Å². The summed E-state index contributed by atoms with van der Waals surface area (Å²) in [6.07, 6.45) is 2.17. The second kappa shape index (κ2) is 5.51. The van der Waals surface area contributed by atoms with E-state index in [1.54, 1.807) is 0 Å². The average Bonchev–Trinajstić information content (AvgIpc) is 2.37. The average molecular weight is 384 g/mol. The molecule has 108 valence electrons. The van der Waals surface area contributed by atoms with Gasteiger partial charge in [-0.25, -0.2) is 0 Å². The molecule has 1 fully saturated rings. The van der Waals surface area contributed by atoms with Gasteiger partial charge in [-0.3, -0.25) is 4.79 Å². The van der Waals surface area contributed by atoms with Crippen LogP contribution in [-0.2, 0) is 20.5 Å². The number of hydrogen-bond acceptors (Lipinski definition) is 2. The Kier molecular flexibility index (Phi) is 4.28. The molecule has 0 N–H and O–H groups in total. The molecule has 2 rings (SSSR count). The predicted octanol–water partition coefficient (Wildman–Crippen LogP) is 4.86. The number of hydrogen-bond donors (Lipinski definition) is 0. The maximum Gasteiger partial charge on any atom is 0.307 e. The van der Waals surface area contributed by atoms with Crippen molar-refractivity contribution in [3.8, 4) is 0 Å². The fourth-order valence-electron chi connectivity index (χ4n) is 2.57. The lowest BCUT2D eigenvalue weighted by Crippen LogP contribution is -2.36. The summed E-state index contributed by atoms with van der Waals surface area (Å²) in [6.45, 7) is 10.6. The van der Waals surface area contributed by atoms with Gasteiger partial charge in [0.2, 0.25) is 0 Å². The van der Waals surface area contributed by atoms with Crippen molar-refractivity contribution >= 4 is 28.6 Å². The van der Waals surface area contributed by atoms with E-state index in [2.05, 4.69) is 74.2 Å². The zero-order valence-corrected chi connectivity index (χ0v) is 14.5. The minimum Gasteiger partial charge on any atom is -0.449 e. The summed E-state index contributed by atoms with van der Waals surface area (Å²) in [5.74, 6) is -0.131. The molecule has 0 aliphatic carbocycles. The minimum absolute atomic E-state index is 0.121. The SMILES string of the molecule is C=C(I)C1(c2ccc(C(C)(C)C)cc2)CCCC(=O)O1. The van der Waals surface area contributed by atoms with Crippen LogP contribution in [0.25, 0.3) is 0 Å². The van der Waals surface area contributed by atoms with Gasteiger partial charge in [0.05, 0.1) is 0 Å². The van der Waals surface area contributed by atoms with E-state index in [0.29, 0.717) is 6.42 Å². The molecule has 1 unspecified atom stereocenters. The maximum absolute atomic E-state index is 11.7. The number of carbonyl (C=O) groups excluding carboxylic acids is 1. The third-order valence-corrected chi connectivity index (χ3v) is 4.72. The summed E-state index contributed by atoms with van der Waals surface area (Å²) in [6, 6.07) is 8.39. The Morgan fingerprint density at radius 2 is 1.90 bits per heavy atom. The Morgan fingerprint density at radius 1 is 1.30 bits per heavy atom. The van der Waals surface area contributed by atoms with Crippen molar-refractivity contribution in [3.63, 3.8) is 0 Å². The Balaban J connectivity index is 2.40. The van der Waals surface area contributed by atoms with E-state index in [-0.39, 0.29) is 11.4 Å². The van der Waals surface area contributed by atoms with Crippen molar-refractivity contribution in [1.82, 2.24) is 0 Å². The van der Waals surface area contributed by atoms with Gasteiger partial charge in [-0.2, -0.15) is 0 Å².